The van der Waals surface area contributed by atoms with E-state index in [4.69, 9.17) is 13.9 Å². The summed E-state index contributed by atoms with van der Waals surface area (Å²) in [6, 6.07) is 16.8. The minimum Gasteiger partial charge on any atom is -0.490 e. The van der Waals surface area contributed by atoms with Crippen molar-refractivity contribution in [3.8, 4) is 17.6 Å². The zero-order valence-electron chi connectivity index (χ0n) is 17.9. The van der Waals surface area contributed by atoms with Gasteiger partial charge in [0.05, 0.1) is 12.8 Å². The van der Waals surface area contributed by atoms with Gasteiger partial charge < -0.3 is 19.2 Å². The van der Waals surface area contributed by atoms with Crippen molar-refractivity contribution in [1.29, 1.82) is 5.26 Å². The lowest BCUT2D eigenvalue weighted by Crippen LogP contribution is -2.23. The molecule has 2 aromatic carbocycles. The number of ether oxygens (including phenoxy) is 2. The van der Waals surface area contributed by atoms with Crippen LogP contribution in [-0.4, -0.2) is 19.1 Å². The Bertz CT molecular complexity index is 1150. The van der Waals surface area contributed by atoms with Gasteiger partial charge in [0, 0.05) is 10.0 Å². The smallest absolute Gasteiger partial charge is 0.262 e. The van der Waals surface area contributed by atoms with Crippen LogP contribution in [0.25, 0.3) is 6.08 Å². The third-order valence-electron chi connectivity index (χ3n) is 4.73. The summed E-state index contributed by atoms with van der Waals surface area (Å²) in [6.07, 6.45) is 3.03. The lowest BCUT2D eigenvalue weighted by Gasteiger charge is -2.12. The molecule has 0 spiro atoms. The van der Waals surface area contributed by atoms with E-state index in [2.05, 4.69) is 28.2 Å². The Morgan fingerprint density at radius 2 is 1.94 bits per heavy atom. The van der Waals surface area contributed by atoms with E-state index < -0.39 is 5.91 Å². The molecule has 1 heterocycles. The normalized spacial score (nSPS) is 11.0. The van der Waals surface area contributed by atoms with Gasteiger partial charge in [0.1, 0.15) is 42.1 Å². The minimum absolute atomic E-state index is 0.0362. The summed E-state index contributed by atoms with van der Waals surface area (Å²) < 4.78 is 17.6. The molecule has 0 aliphatic heterocycles. The van der Waals surface area contributed by atoms with Crippen LogP contribution < -0.4 is 14.8 Å². The van der Waals surface area contributed by atoms with Crippen LogP contribution in [0.5, 0.6) is 11.5 Å². The molecule has 7 heteroatoms. The highest BCUT2D eigenvalue weighted by Crippen LogP contribution is 2.26. The molecule has 0 aliphatic carbocycles. The van der Waals surface area contributed by atoms with Gasteiger partial charge in [-0.3, -0.25) is 4.79 Å². The highest BCUT2D eigenvalue weighted by molar-refractivity contribution is 9.10. The van der Waals surface area contributed by atoms with Crippen LogP contribution in [0.1, 0.15) is 22.5 Å². The number of nitriles is 1. The molecule has 3 rings (SSSR count). The van der Waals surface area contributed by atoms with Crippen LogP contribution in [0.3, 0.4) is 0 Å². The largest absolute Gasteiger partial charge is 0.490 e. The molecular formula is C25H23BrN2O4. The van der Waals surface area contributed by atoms with Crippen LogP contribution in [0.4, 0.5) is 0 Å². The van der Waals surface area contributed by atoms with E-state index in [1.165, 1.54) is 17.9 Å². The summed E-state index contributed by atoms with van der Waals surface area (Å²) in [6.45, 7) is 4.95. The van der Waals surface area contributed by atoms with E-state index in [9.17, 15) is 10.1 Å². The maximum atomic E-state index is 12.4. The van der Waals surface area contributed by atoms with Crippen LogP contribution in [0, 0.1) is 25.2 Å². The summed E-state index contributed by atoms with van der Waals surface area (Å²) in [4.78, 5) is 12.4. The number of aryl methyl sites for hydroxylation is 2. The number of carbonyl (C=O) groups excluding carboxylic acids is 1. The topological polar surface area (TPSA) is 84.5 Å². The fourth-order valence-corrected chi connectivity index (χ4v) is 3.24. The quantitative estimate of drug-likeness (QED) is 0.246. The molecule has 164 valence electrons. The predicted molar refractivity (Wildman–Crippen MR) is 125 cm³/mol. The molecule has 0 aliphatic rings. The minimum atomic E-state index is -0.493. The molecule has 6 nitrogen and oxygen atoms in total. The Labute approximate surface area is 195 Å². The number of hydrogen-bond donors (Lipinski definition) is 1. The number of halogens is 1. The lowest BCUT2D eigenvalue weighted by molar-refractivity contribution is -0.117. The van der Waals surface area contributed by atoms with Crippen LogP contribution in [0.2, 0.25) is 0 Å². The molecule has 0 bridgehead atoms. The number of benzene rings is 2. The van der Waals surface area contributed by atoms with E-state index in [0.29, 0.717) is 30.3 Å². The molecule has 32 heavy (non-hydrogen) atoms. The second-order valence-electron chi connectivity index (χ2n) is 7.06. The molecule has 0 fully saturated rings. The maximum Gasteiger partial charge on any atom is 0.262 e. The summed E-state index contributed by atoms with van der Waals surface area (Å²) in [5, 5.41) is 12.2. The van der Waals surface area contributed by atoms with Gasteiger partial charge in [-0.05, 0) is 73.5 Å². The Kier molecular flexibility index (Phi) is 8.12. The van der Waals surface area contributed by atoms with E-state index in [1.54, 1.807) is 24.3 Å². The monoisotopic (exact) mass is 494 g/mol. The van der Waals surface area contributed by atoms with Gasteiger partial charge in [-0.25, -0.2) is 0 Å². The third-order valence-corrected chi connectivity index (χ3v) is 5.22. The van der Waals surface area contributed by atoms with Gasteiger partial charge in [0.25, 0.3) is 5.91 Å². The molecule has 0 radical (unpaired) electrons. The van der Waals surface area contributed by atoms with E-state index in [0.717, 1.165) is 15.8 Å². The van der Waals surface area contributed by atoms with Crippen molar-refractivity contribution < 1.29 is 18.7 Å². The first-order valence-electron chi connectivity index (χ1n) is 10.0. The summed E-state index contributed by atoms with van der Waals surface area (Å²) in [5.41, 5.74) is 2.95. The molecule has 1 N–H and O–H groups in total. The lowest BCUT2D eigenvalue weighted by atomic mass is 10.1. The molecule has 3 aromatic rings. The fraction of sp³-hybridized carbons (Fsp3) is 0.200. The first kappa shape index (κ1) is 23.2. The number of furan rings is 1. The second-order valence-corrected chi connectivity index (χ2v) is 7.97. The average molecular weight is 495 g/mol. The molecule has 1 amide bonds. The molecular weight excluding hydrogens is 472 g/mol. The molecule has 0 saturated carbocycles. The summed E-state index contributed by atoms with van der Waals surface area (Å²) >= 11 is 3.42. The van der Waals surface area contributed by atoms with Crippen molar-refractivity contribution in [1.82, 2.24) is 5.32 Å². The van der Waals surface area contributed by atoms with Gasteiger partial charge in [-0.2, -0.15) is 5.26 Å². The van der Waals surface area contributed by atoms with E-state index >= 15 is 0 Å². The Morgan fingerprint density at radius 3 is 2.66 bits per heavy atom. The van der Waals surface area contributed by atoms with Crippen molar-refractivity contribution >= 4 is 27.9 Å². The zero-order valence-corrected chi connectivity index (χ0v) is 19.4. The first-order valence-corrected chi connectivity index (χ1v) is 10.8. The van der Waals surface area contributed by atoms with E-state index in [1.807, 2.05) is 37.3 Å². The first-order chi connectivity index (χ1) is 15.5. The van der Waals surface area contributed by atoms with Gasteiger partial charge >= 0.3 is 0 Å². The average Bonchev–Trinajstić information content (AvgIpc) is 3.30. The number of hydrogen-bond acceptors (Lipinski definition) is 5. The number of rotatable bonds is 9. The van der Waals surface area contributed by atoms with Gasteiger partial charge in [0.2, 0.25) is 0 Å². The molecule has 0 unspecified atom stereocenters. The summed E-state index contributed by atoms with van der Waals surface area (Å²) in [5.74, 6) is 1.44. The predicted octanol–water partition coefficient (Wildman–Crippen LogP) is 5.34. The highest BCUT2D eigenvalue weighted by atomic mass is 79.9. The van der Waals surface area contributed by atoms with Crippen molar-refractivity contribution in [2.45, 2.75) is 20.4 Å². The second kappa shape index (κ2) is 11.2. The van der Waals surface area contributed by atoms with Crippen LogP contribution >= 0.6 is 15.9 Å². The number of nitrogens with one attached hydrogen (secondary N) is 1. The number of nitrogens with zero attached hydrogens (tertiary/aromatic N) is 1. The Balaban J connectivity index is 1.64. The highest BCUT2D eigenvalue weighted by Gasteiger charge is 2.12. The molecule has 0 atom stereocenters. The van der Waals surface area contributed by atoms with Gasteiger partial charge in [-0.1, -0.05) is 22.0 Å². The van der Waals surface area contributed by atoms with Gasteiger partial charge in [-0.15, -0.1) is 0 Å². The Hall–Kier alpha value is -3.50. The van der Waals surface area contributed by atoms with Crippen LogP contribution in [-0.2, 0) is 11.3 Å². The van der Waals surface area contributed by atoms with Crippen LogP contribution in [0.15, 0.2) is 69.3 Å². The van der Waals surface area contributed by atoms with Crippen molar-refractivity contribution in [2.75, 3.05) is 13.2 Å². The van der Waals surface area contributed by atoms with E-state index in [-0.39, 0.29) is 12.1 Å². The standard InChI is InChI=1S/C25H23BrN2O4/c1-17-5-7-22(12-18(17)2)31-10-11-32-24-8-6-21(26)14-19(24)13-20(15-27)25(29)28-16-23-4-3-9-30-23/h3-9,12-14H,10-11,16H2,1-2H3,(H,28,29)/b20-13+. The summed E-state index contributed by atoms with van der Waals surface area (Å²) in [7, 11) is 0. The number of amides is 1. The van der Waals surface area contributed by atoms with Crippen molar-refractivity contribution in [3.63, 3.8) is 0 Å². The third kappa shape index (κ3) is 6.50. The zero-order chi connectivity index (χ0) is 22.9. The van der Waals surface area contributed by atoms with Crippen molar-refractivity contribution in [3.05, 3.63) is 87.3 Å². The number of carbonyl (C=O) groups is 1. The fourth-order valence-electron chi connectivity index (χ4n) is 2.86. The molecule has 1 aromatic heterocycles. The van der Waals surface area contributed by atoms with Gasteiger partial charge in [0.15, 0.2) is 0 Å². The van der Waals surface area contributed by atoms with Crippen molar-refractivity contribution in [2.24, 2.45) is 0 Å². The SMILES string of the molecule is Cc1ccc(OCCOc2ccc(Br)cc2/C=C(\C#N)C(=O)NCc2ccco2)cc1C. The Morgan fingerprint density at radius 1 is 1.12 bits per heavy atom. The molecule has 0 saturated heterocycles. The maximum absolute atomic E-state index is 12.4.